The molecule has 152 valence electrons. The Kier molecular flexibility index (Phi) is 6.88. The first-order valence-electron chi connectivity index (χ1n) is 10.0. The van der Waals surface area contributed by atoms with Crippen molar-refractivity contribution < 1.29 is 5.11 Å². The number of aryl methyl sites for hydroxylation is 2. The molecule has 0 aromatic carbocycles. The summed E-state index contributed by atoms with van der Waals surface area (Å²) < 4.78 is 0. The SMILES string of the molecule is CCC(=C1CCNCC1)c1scc(C(O)NCc2c(C)cc(C)[nH]c2=O)c1C. The molecule has 2 aromatic heterocycles. The van der Waals surface area contributed by atoms with E-state index in [1.165, 1.54) is 10.5 Å². The van der Waals surface area contributed by atoms with Crippen LogP contribution in [0.5, 0.6) is 0 Å². The van der Waals surface area contributed by atoms with Crippen molar-refractivity contribution >= 4 is 16.9 Å². The molecule has 0 saturated carbocycles. The minimum atomic E-state index is -0.791. The van der Waals surface area contributed by atoms with Gasteiger partial charge in [0.2, 0.25) is 0 Å². The second-order valence-electron chi connectivity index (χ2n) is 7.56. The van der Waals surface area contributed by atoms with Crippen LogP contribution in [0.3, 0.4) is 0 Å². The molecule has 1 fully saturated rings. The number of aromatic nitrogens is 1. The van der Waals surface area contributed by atoms with Crippen LogP contribution >= 0.6 is 11.3 Å². The van der Waals surface area contributed by atoms with Crippen molar-refractivity contribution in [1.29, 1.82) is 0 Å². The van der Waals surface area contributed by atoms with Gasteiger partial charge in [-0.1, -0.05) is 12.5 Å². The molecule has 6 heteroatoms. The van der Waals surface area contributed by atoms with Crippen LogP contribution < -0.4 is 16.2 Å². The molecule has 0 spiro atoms. The van der Waals surface area contributed by atoms with Crippen molar-refractivity contribution in [3.63, 3.8) is 0 Å². The van der Waals surface area contributed by atoms with Gasteiger partial charge in [-0.3, -0.25) is 10.1 Å². The number of allylic oxidation sites excluding steroid dienone is 1. The van der Waals surface area contributed by atoms with Crippen LogP contribution in [-0.2, 0) is 6.54 Å². The zero-order valence-corrected chi connectivity index (χ0v) is 18.1. The first-order chi connectivity index (χ1) is 13.4. The summed E-state index contributed by atoms with van der Waals surface area (Å²) in [5.74, 6) is 0. The van der Waals surface area contributed by atoms with Crippen LogP contribution in [0.15, 0.2) is 21.8 Å². The average Bonchev–Trinajstić information content (AvgIpc) is 3.04. The third-order valence-corrected chi connectivity index (χ3v) is 6.76. The fourth-order valence-corrected chi connectivity index (χ4v) is 5.28. The Morgan fingerprint density at radius 2 is 2.00 bits per heavy atom. The summed E-state index contributed by atoms with van der Waals surface area (Å²) in [6.07, 6.45) is 2.43. The number of H-pyrrole nitrogens is 1. The van der Waals surface area contributed by atoms with E-state index in [2.05, 4.69) is 29.5 Å². The van der Waals surface area contributed by atoms with Crippen LogP contribution in [-0.4, -0.2) is 23.2 Å². The van der Waals surface area contributed by atoms with Crippen LogP contribution in [0.1, 0.15) is 65.2 Å². The van der Waals surface area contributed by atoms with Crippen molar-refractivity contribution in [1.82, 2.24) is 15.6 Å². The number of rotatable bonds is 6. The molecule has 0 radical (unpaired) electrons. The number of aliphatic hydroxyl groups excluding tert-OH is 1. The lowest BCUT2D eigenvalue weighted by Crippen LogP contribution is -2.26. The first kappa shape index (κ1) is 21.0. The Morgan fingerprint density at radius 1 is 1.29 bits per heavy atom. The lowest BCUT2D eigenvalue weighted by molar-refractivity contribution is 0.136. The minimum absolute atomic E-state index is 0.0937. The van der Waals surface area contributed by atoms with E-state index < -0.39 is 6.23 Å². The van der Waals surface area contributed by atoms with Gasteiger partial charge in [-0.25, -0.2) is 0 Å². The third-order valence-electron chi connectivity index (χ3n) is 5.60. The predicted octanol–water partition coefficient (Wildman–Crippen LogP) is 3.69. The second-order valence-corrected chi connectivity index (χ2v) is 8.44. The summed E-state index contributed by atoms with van der Waals surface area (Å²) in [7, 11) is 0. The second kappa shape index (κ2) is 9.18. The summed E-state index contributed by atoms with van der Waals surface area (Å²) >= 11 is 1.71. The highest BCUT2D eigenvalue weighted by molar-refractivity contribution is 7.11. The quantitative estimate of drug-likeness (QED) is 0.557. The molecule has 0 aliphatic carbocycles. The van der Waals surface area contributed by atoms with Crippen LogP contribution in [0.25, 0.3) is 5.57 Å². The highest BCUT2D eigenvalue weighted by atomic mass is 32.1. The summed E-state index contributed by atoms with van der Waals surface area (Å²) in [4.78, 5) is 16.3. The number of nitrogens with one attached hydrogen (secondary N) is 3. The maximum absolute atomic E-state index is 12.2. The number of piperidine rings is 1. The van der Waals surface area contributed by atoms with Gasteiger partial charge in [0.1, 0.15) is 6.23 Å². The van der Waals surface area contributed by atoms with E-state index in [4.69, 9.17) is 0 Å². The number of aromatic amines is 1. The van der Waals surface area contributed by atoms with E-state index in [0.717, 1.165) is 54.7 Å². The summed E-state index contributed by atoms with van der Waals surface area (Å²) in [5, 5.41) is 19.3. The van der Waals surface area contributed by atoms with Gasteiger partial charge in [0.25, 0.3) is 5.56 Å². The molecule has 1 saturated heterocycles. The molecule has 4 N–H and O–H groups in total. The number of hydrogen-bond acceptors (Lipinski definition) is 5. The number of aliphatic hydroxyl groups is 1. The molecule has 3 heterocycles. The summed E-state index contributed by atoms with van der Waals surface area (Å²) in [6, 6.07) is 1.96. The van der Waals surface area contributed by atoms with Gasteiger partial charge in [-0.05, 0) is 81.3 Å². The van der Waals surface area contributed by atoms with Gasteiger partial charge < -0.3 is 15.4 Å². The van der Waals surface area contributed by atoms with E-state index in [-0.39, 0.29) is 5.56 Å². The van der Waals surface area contributed by atoms with Crippen LogP contribution in [0, 0.1) is 20.8 Å². The lowest BCUT2D eigenvalue weighted by Gasteiger charge is -2.20. The maximum Gasteiger partial charge on any atom is 0.252 e. The van der Waals surface area contributed by atoms with Crippen molar-refractivity contribution in [3.05, 3.63) is 60.2 Å². The Hall–Kier alpha value is -1.73. The van der Waals surface area contributed by atoms with Gasteiger partial charge in [0.15, 0.2) is 0 Å². The van der Waals surface area contributed by atoms with Crippen molar-refractivity contribution in [2.45, 2.75) is 59.7 Å². The monoisotopic (exact) mass is 401 g/mol. The normalized spacial score (nSPS) is 15.7. The Balaban J connectivity index is 1.79. The van der Waals surface area contributed by atoms with Gasteiger partial charge in [0, 0.05) is 28.2 Å². The molecule has 1 aliphatic rings. The smallest absolute Gasteiger partial charge is 0.252 e. The largest absolute Gasteiger partial charge is 0.374 e. The van der Waals surface area contributed by atoms with Gasteiger partial charge in [-0.2, -0.15) is 0 Å². The number of hydrogen-bond donors (Lipinski definition) is 4. The highest BCUT2D eigenvalue weighted by Crippen LogP contribution is 2.36. The van der Waals surface area contributed by atoms with E-state index in [1.807, 2.05) is 25.3 Å². The maximum atomic E-state index is 12.2. The summed E-state index contributed by atoms with van der Waals surface area (Å²) in [6.45, 7) is 10.5. The Labute approximate surface area is 170 Å². The fourth-order valence-electron chi connectivity index (χ4n) is 4.01. The highest BCUT2D eigenvalue weighted by Gasteiger charge is 2.20. The molecule has 5 nitrogen and oxygen atoms in total. The topological polar surface area (TPSA) is 77.2 Å². The van der Waals surface area contributed by atoms with Crippen LogP contribution in [0.2, 0.25) is 0 Å². The number of pyridine rings is 1. The van der Waals surface area contributed by atoms with E-state index in [1.54, 1.807) is 16.9 Å². The van der Waals surface area contributed by atoms with Gasteiger partial charge in [-0.15, -0.1) is 11.3 Å². The molecule has 1 aliphatic heterocycles. The van der Waals surface area contributed by atoms with Crippen LogP contribution in [0.4, 0.5) is 0 Å². The van der Waals surface area contributed by atoms with Crippen molar-refractivity contribution in [2.24, 2.45) is 0 Å². The van der Waals surface area contributed by atoms with Gasteiger partial charge >= 0.3 is 0 Å². The fraction of sp³-hybridized carbons (Fsp3) is 0.500. The van der Waals surface area contributed by atoms with E-state index >= 15 is 0 Å². The Bertz CT molecular complexity index is 918. The zero-order valence-electron chi connectivity index (χ0n) is 17.2. The Morgan fingerprint density at radius 3 is 2.64 bits per heavy atom. The standard InChI is InChI=1S/C22H31N3O2S/c1-5-17(16-6-8-23-9-7-16)20-15(4)19(12-28-20)21(26)24-11-18-13(2)10-14(3)25-22(18)27/h10,12,21,23-24,26H,5-9,11H2,1-4H3,(H,25,27). The molecule has 0 amide bonds. The number of thiophene rings is 1. The molecule has 3 rings (SSSR count). The molecular formula is C22H31N3O2S. The first-order valence-corrected chi connectivity index (χ1v) is 10.9. The lowest BCUT2D eigenvalue weighted by atomic mass is 9.94. The van der Waals surface area contributed by atoms with E-state index in [0.29, 0.717) is 12.1 Å². The molecule has 2 aromatic rings. The van der Waals surface area contributed by atoms with Gasteiger partial charge in [0.05, 0.1) is 0 Å². The summed E-state index contributed by atoms with van der Waals surface area (Å²) in [5.41, 5.74) is 7.39. The van der Waals surface area contributed by atoms with Crippen molar-refractivity contribution in [2.75, 3.05) is 13.1 Å². The third kappa shape index (κ3) is 4.46. The molecule has 0 bridgehead atoms. The molecule has 28 heavy (non-hydrogen) atoms. The van der Waals surface area contributed by atoms with E-state index in [9.17, 15) is 9.90 Å². The molecular weight excluding hydrogens is 370 g/mol. The molecule has 1 unspecified atom stereocenters. The minimum Gasteiger partial charge on any atom is -0.374 e. The molecule has 1 atom stereocenters. The van der Waals surface area contributed by atoms with Crippen molar-refractivity contribution in [3.8, 4) is 0 Å². The average molecular weight is 402 g/mol. The zero-order chi connectivity index (χ0) is 20.3. The predicted molar refractivity (Wildman–Crippen MR) is 117 cm³/mol.